The molecule has 0 aliphatic carbocycles. The first-order valence-corrected chi connectivity index (χ1v) is 10.3. The lowest BCUT2D eigenvalue weighted by molar-refractivity contribution is 0.324. The lowest BCUT2D eigenvalue weighted by atomic mass is 10.2. The van der Waals surface area contributed by atoms with Crippen molar-refractivity contribution in [2.45, 2.75) is 0 Å². The Bertz CT molecular complexity index is 1280. The Morgan fingerprint density at radius 3 is 1.82 bits per heavy atom. The molecule has 2 heterocycles. The molecule has 0 fully saturated rings. The Kier molecular flexibility index (Phi) is 6.67. The van der Waals surface area contributed by atoms with Gasteiger partial charge >= 0.3 is 0 Å². The Morgan fingerprint density at radius 2 is 1.24 bits per heavy atom. The third-order valence-corrected chi connectivity index (χ3v) is 5.06. The fourth-order valence-corrected chi connectivity index (χ4v) is 3.46. The van der Waals surface area contributed by atoms with Gasteiger partial charge in [-0.3, -0.25) is 4.98 Å². The van der Waals surface area contributed by atoms with E-state index in [1.807, 2.05) is 18.2 Å². The van der Waals surface area contributed by atoms with Gasteiger partial charge in [0.1, 0.15) is 5.82 Å². The zero-order valence-electron chi connectivity index (χ0n) is 19.5. The smallest absolute Gasteiger partial charge is 0.229 e. The van der Waals surface area contributed by atoms with E-state index in [0.29, 0.717) is 51.7 Å². The number of hydrogen-bond acceptors (Lipinski definition) is 10. The van der Waals surface area contributed by atoms with E-state index in [1.54, 1.807) is 66.1 Å². The van der Waals surface area contributed by atoms with Crippen LogP contribution in [0.5, 0.6) is 28.7 Å². The number of nitrogens with zero attached hydrogens (tertiary/aromatic N) is 3. The maximum Gasteiger partial charge on any atom is 0.229 e. The fourth-order valence-electron chi connectivity index (χ4n) is 3.46. The highest BCUT2D eigenvalue weighted by atomic mass is 16.5. The standard InChI is InChI=1S/C24H25N5O5/c1-30-18-12-16-17(13-19(18)31-2)28-24(27-14-6-8-25-9-7-14)29-23(16)26-15-10-20(32-3)22(34-5)21(11-15)33-4/h6-13H,1-5H3,(H2,25,26,27,28,29). The minimum atomic E-state index is 0.390. The number of pyridine rings is 1. The average molecular weight is 463 g/mol. The van der Waals surface area contributed by atoms with Gasteiger partial charge in [0.2, 0.25) is 11.7 Å². The molecule has 0 aliphatic rings. The van der Waals surface area contributed by atoms with Crippen LogP contribution in [0.1, 0.15) is 0 Å². The number of fused-ring (bicyclic) bond motifs is 1. The number of methoxy groups -OCH3 is 5. The topological polar surface area (TPSA) is 109 Å². The second kappa shape index (κ2) is 9.99. The van der Waals surface area contributed by atoms with Gasteiger partial charge in [-0.2, -0.15) is 4.98 Å². The number of hydrogen-bond donors (Lipinski definition) is 2. The number of ether oxygens (including phenoxy) is 5. The third-order valence-electron chi connectivity index (χ3n) is 5.06. The normalized spacial score (nSPS) is 10.5. The minimum absolute atomic E-state index is 0.390. The van der Waals surface area contributed by atoms with Gasteiger partial charge in [0.05, 0.1) is 41.1 Å². The van der Waals surface area contributed by atoms with Gasteiger partial charge in [0, 0.05) is 47.4 Å². The molecule has 2 aromatic carbocycles. The molecule has 0 radical (unpaired) electrons. The molecule has 0 aliphatic heterocycles. The van der Waals surface area contributed by atoms with E-state index in [-0.39, 0.29) is 0 Å². The second-order valence-electron chi connectivity index (χ2n) is 7.02. The first-order chi connectivity index (χ1) is 16.6. The zero-order valence-corrected chi connectivity index (χ0v) is 19.5. The van der Waals surface area contributed by atoms with Gasteiger partial charge in [-0.05, 0) is 18.2 Å². The van der Waals surface area contributed by atoms with Crippen LogP contribution in [0.15, 0.2) is 48.8 Å². The predicted octanol–water partition coefficient (Wildman–Crippen LogP) is 4.56. The summed E-state index contributed by atoms with van der Waals surface area (Å²) in [4.78, 5) is 13.4. The molecule has 0 saturated heterocycles. The quantitative estimate of drug-likeness (QED) is 0.367. The van der Waals surface area contributed by atoms with Crippen LogP contribution in [-0.2, 0) is 0 Å². The molecular formula is C24H25N5O5. The molecule has 2 aromatic heterocycles. The first kappa shape index (κ1) is 22.7. The van der Waals surface area contributed by atoms with Crippen molar-refractivity contribution in [3.05, 3.63) is 48.8 Å². The monoisotopic (exact) mass is 463 g/mol. The van der Waals surface area contributed by atoms with Crippen molar-refractivity contribution < 1.29 is 23.7 Å². The van der Waals surface area contributed by atoms with Crippen LogP contribution in [0.2, 0.25) is 0 Å². The zero-order chi connectivity index (χ0) is 24.1. The molecule has 4 rings (SSSR count). The van der Waals surface area contributed by atoms with Crippen molar-refractivity contribution >= 4 is 34.0 Å². The molecule has 0 saturated carbocycles. The average Bonchev–Trinajstić information content (AvgIpc) is 2.87. The van der Waals surface area contributed by atoms with Gasteiger partial charge in [0.15, 0.2) is 23.0 Å². The number of anilines is 4. The van der Waals surface area contributed by atoms with E-state index < -0.39 is 0 Å². The van der Waals surface area contributed by atoms with Gasteiger partial charge in [-0.15, -0.1) is 0 Å². The molecule has 0 atom stereocenters. The Balaban J connectivity index is 1.85. The van der Waals surface area contributed by atoms with Crippen LogP contribution < -0.4 is 34.3 Å². The number of aromatic nitrogens is 3. The van der Waals surface area contributed by atoms with E-state index in [4.69, 9.17) is 28.7 Å². The number of benzene rings is 2. The van der Waals surface area contributed by atoms with Crippen molar-refractivity contribution in [2.24, 2.45) is 0 Å². The minimum Gasteiger partial charge on any atom is -0.493 e. The fraction of sp³-hybridized carbons (Fsp3) is 0.208. The molecule has 176 valence electrons. The summed E-state index contributed by atoms with van der Waals surface area (Å²) in [5.41, 5.74) is 2.13. The summed E-state index contributed by atoms with van der Waals surface area (Å²) in [6.07, 6.45) is 3.37. The van der Waals surface area contributed by atoms with E-state index in [2.05, 4.69) is 20.6 Å². The van der Waals surface area contributed by atoms with E-state index >= 15 is 0 Å². The van der Waals surface area contributed by atoms with Gasteiger partial charge in [0.25, 0.3) is 0 Å². The maximum absolute atomic E-state index is 5.49. The van der Waals surface area contributed by atoms with Gasteiger partial charge in [-0.25, -0.2) is 4.98 Å². The van der Waals surface area contributed by atoms with Crippen molar-refractivity contribution in [2.75, 3.05) is 46.2 Å². The molecule has 4 aromatic rings. The van der Waals surface area contributed by atoms with E-state index in [0.717, 1.165) is 11.1 Å². The Morgan fingerprint density at radius 1 is 0.618 bits per heavy atom. The highest BCUT2D eigenvalue weighted by molar-refractivity contribution is 5.94. The molecule has 34 heavy (non-hydrogen) atoms. The summed E-state index contributed by atoms with van der Waals surface area (Å²) in [5.74, 6) is 3.56. The lowest BCUT2D eigenvalue weighted by Gasteiger charge is -2.17. The molecule has 10 heteroatoms. The van der Waals surface area contributed by atoms with Crippen LogP contribution >= 0.6 is 0 Å². The first-order valence-electron chi connectivity index (χ1n) is 10.3. The molecule has 0 unspecified atom stereocenters. The van der Waals surface area contributed by atoms with Crippen LogP contribution in [0, 0.1) is 0 Å². The van der Waals surface area contributed by atoms with Crippen LogP contribution in [0.25, 0.3) is 10.9 Å². The van der Waals surface area contributed by atoms with Crippen LogP contribution in [0.3, 0.4) is 0 Å². The van der Waals surface area contributed by atoms with Crippen molar-refractivity contribution in [1.82, 2.24) is 15.0 Å². The van der Waals surface area contributed by atoms with Gasteiger partial charge in [-0.1, -0.05) is 0 Å². The summed E-state index contributed by atoms with van der Waals surface area (Å²) in [5, 5.41) is 7.28. The maximum atomic E-state index is 5.49. The van der Waals surface area contributed by atoms with E-state index in [9.17, 15) is 0 Å². The molecule has 0 bridgehead atoms. The Labute approximate surface area is 196 Å². The largest absolute Gasteiger partial charge is 0.493 e. The third kappa shape index (κ3) is 4.51. The highest BCUT2D eigenvalue weighted by Crippen LogP contribution is 2.42. The molecule has 2 N–H and O–H groups in total. The van der Waals surface area contributed by atoms with Crippen molar-refractivity contribution in [1.29, 1.82) is 0 Å². The number of rotatable bonds is 9. The Hall–Kier alpha value is -4.47. The second-order valence-corrected chi connectivity index (χ2v) is 7.02. The molecular weight excluding hydrogens is 438 g/mol. The summed E-state index contributed by atoms with van der Waals surface area (Å²) in [6, 6.07) is 10.9. The summed E-state index contributed by atoms with van der Waals surface area (Å²) >= 11 is 0. The van der Waals surface area contributed by atoms with Crippen molar-refractivity contribution in [3.8, 4) is 28.7 Å². The van der Waals surface area contributed by atoms with Gasteiger partial charge < -0.3 is 34.3 Å². The highest BCUT2D eigenvalue weighted by Gasteiger charge is 2.17. The van der Waals surface area contributed by atoms with Crippen molar-refractivity contribution in [3.63, 3.8) is 0 Å². The van der Waals surface area contributed by atoms with E-state index in [1.165, 1.54) is 0 Å². The molecule has 10 nitrogen and oxygen atoms in total. The predicted molar refractivity (Wildman–Crippen MR) is 130 cm³/mol. The molecule has 0 amide bonds. The summed E-state index contributed by atoms with van der Waals surface area (Å²) in [6.45, 7) is 0. The van der Waals surface area contributed by atoms with Crippen LogP contribution in [0.4, 0.5) is 23.1 Å². The summed E-state index contributed by atoms with van der Waals surface area (Å²) < 4.78 is 27.3. The van der Waals surface area contributed by atoms with Crippen LogP contribution in [-0.4, -0.2) is 50.5 Å². The summed E-state index contributed by atoms with van der Waals surface area (Å²) in [7, 11) is 7.85. The lowest BCUT2D eigenvalue weighted by Crippen LogP contribution is -2.04. The SMILES string of the molecule is COc1cc2nc(Nc3ccncc3)nc(Nc3cc(OC)c(OC)c(OC)c3)c2cc1OC. The molecule has 0 spiro atoms. The number of nitrogens with one attached hydrogen (secondary N) is 2.